The fraction of sp³-hybridized carbons (Fsp3) is 0.250. The summed E-state index contributed by atoms with van der Waals surface area (Å²) in [5.74, 6) is 0.230. The number of carbonyl (C=O) groups is 2. The minimum absolute atomic E-state index is 0.0542. The first kappa shape index (κ1) is 17.8. The number of thiophene rings is 1. The molecule has 7 heteroatoms. The van der Waals surface area contributed by atoms with Crippen LogP contribution in [0.4, 0.5) is 0 Å². The Hall–Kier alpha value is -1.56. The summed E-state index contributed by atoms with van der Waals surface area (Å²) in [6.45, 7) is 1.90. The Morgan fingerprint density at radius 1 is 1.22 bits per heavy atom. The Morgan fingerprint density at radius 2 is 2.00 bits per heavy atom. The van der Waals surface area contributed by atoms with Gasteiger partial charge in [0.15, 0.2) is 12.4 Å². The fourth-order valence-electron chi connectivity index (χ4n) is 1.81. The van der Waals surface area contributed by atoms with E-state index in [1.165, 1.54) is 18.3 Å². The monoisotopic (exact) mass is 371 g/mol. The van der Waals surface area contributed by atoms with Gasteiger partial charge in [0, 0.05) is 16.4 Å². The van der Waals surface area contributed by atoms with E-state index in [1.54, 1.807) is 24.3 Å². The first-order valence-electron chi connectivity index (χ1n) is 6.90. The van der Waals surface area contributed by atoms with Crippen molar-refractivity contribution in [1.82, 2.24) is 5.32 Å². The van der Waals surface area contributed by atoms with Crippen LogP contribution in [0.25, 0.3) is 0 Å². The molecule has 0 aliphatic heterocycles. The van der Waals surface area contributed by atoms with Crippen molar-refractivity contribution in [3.05, 3.63) is 50.1 Å². The Balaban J connectivity index is 1.73. The fourth-order valence-corrected chi connectivity index (χ4v) is 3.18. The number of halogens is 2. The molecule has 0 atom stereocenters. The second-order valence-corrected chi connectivity index (χ2v) is 6.80. The van der Waals surface area contributed by atoms with Gasteiger partial charge in [-0.2, -0.15) is 0 Å². The largest absolute Gasteiger partial charge is 0.482 e. The summed E-state index contributed by atoms with van der Waals surface area (Å²) in [4.78, 5) is 24.7. The third-order valence-corrected chi connectivity index (χ3v) is 4.73. The van der Waals surface area contributed by atoms with Crippen LogP contribution in [0.15, 0.2) is 30.3 Å². The van der Waals surface area contributed by atoms with E-state index in [0.29, 0.717) is 28.8 Å². The van der Waals surface area contributed by atoms with Crippen LogP contribution in [0.2, 0.25) is 10.0 Å². The Bertz CT molecular complexity index is 715. The van der Waals surface area contributed by atoms with E-state index in [4.69, 9.17) is 27.9 Å². The van der Waals surface area contributed by atoms with Gasteiger partial charge in [0.1, 0.15) is 5.75 Å². The maximum absolute atomic E-state index is 11.7. The van der Waals surface area contributed by atoms with Crippen LogP contribution in [0, 0.1) is 0 Å². The highest BCUT2D eigenvalue weighted by atomic mass is 35.5. The molecule has 1 aromatic heterocycles. The van der Waals surface area contributed by atoms with Crippen LogP contribution in [-0.4, -0.2) is 24.8 Å². The summed E-state index contributed by atoms with van der Waals surface area (Å²) < 4.78 is 5.35. The molecular formula is C16H15Cl2NO3S. The normalized spacial score (nSPS) is 10.4. The highest BCUT2D eigenvalue weighted by Crippen LogP contribution is 2.27. The van der Waals surface area contributed by atoms with Crippen molar-refractivity contribution >= 4 is 46.2 Å². The van der Waals surface area contributed by atoms with E-state index in [1.807, 2.05) is 6.07 Å². The molecule has 1 N–H and O–H groups in total. The summed E-state index contributed by atoms with van der Waals surface area (Å²) in [5.41, 5.74) is 0. The molecule has 0 bridgehead atoms. The Kier molecular flexibility index (Phi) is 6.45. The summed E-state index contributed by atoms with van der Waals surface area (Å²) in [5, 5.41) is 3.63. The van der Waals surface area contributed by atoms with E-state index in [0.717, 1.165) is 9.75 Å². The van der Waals surface area contributed by atoms with Crippen molar-refractivity contribution in [3.63, 3.8) is 0 Å². The van der Waals surface area contributed by atoms with Gasteiger partial charge in [-0.3, -0.25) is 9.59 Å². The van der Waals surface area contributed by atoms with Crippen molar-refractivity contribution in [1.29, 1.82) is 0 Å². The lowest BCUT2D eigenvalue weighted by molar-refractivity contribution is -0.123. The molecule has 2 rings (SSSR count). The first-order chi connectivity index (χ1) is 11.0. The van der Waals surface area contributed by atoms with Gasteiger partial charge in [-0.25, -0.2) is 0 Å². The molecule has 0 aliphatic rings. The molecule has 1 aromatic carbocycles. The van der Waals surface area contributed by atoms with E-state index < -0.39 is 0 Å². The first-order valence-corrected chi connectivity index (χ1v) is 8.47. The average molecular weight is 372 g/mol. The van der Waals surface area contributed by atoms with E-state index in [2.05, 4.69) is 5.32 Å². The number of carbonyl (C=O) groups excluding carboxylic acids is 2. The predicted molar refractivity (Wildman–Crippen MR) is 93.0 cm³/mol. The molecule has 0 spiro atoms. The lowest BCUT2D eigenvalue weighted by Crippen LogP contribution is -2.30. The topological polar surface area (TPSA) is 55.4 Å². The van der Waals surface area contributed by atoms with E-state index in [-0.39, 0.29) is 18.3 Å². The molecule has 0 aliphatic carbocycles. The van der Waals surface area contributed by atoms with Gasteiger partial charge in [0.2, 0.25) is 0 Å². The summed E-state index contributed by atoms with van der Waals surface area (Å²) in [7, 11) is 0. The van der Waals surface area contributed by atoms with Gasteiger partial charge in [0.25, 0.3) is 5.91 Å². The molecule has 2 aromatic rings. The van der Waals surface area contributed by atoms with Crippen LogP contribution < -0.4 is 10.1 Å². The number of Topliss-reactive ketones (excluding diaryl/α,β-unsaturated/α-hetero) is 1. The number of ether oxygens (including phenoxy) is 1. The van der Waals surface area contributed by atoms with Crippen molar-refractivity contribution in [3.8, 4) is 5.75 Å². The number of hydrogen-bond donors (Lipinski definition) is 1. The molecule has 1 heterocycles. The van der Waals surface area contributed by atoms with Crippen LogP contribution in [-0.2, 0) is 11.2 Å². The highest BCUT2D eigenvalue weighted by Gasteiger charge is 2.07. The molecule has 122 valence electrons. The maximum Gasteiger partial charge on any atom is 0.257 e. The van der Waals surface area contributed by atoms with Gasteiger partial charge in [-0.1, -0.05) is 23.2 Å². The Morgan fingerprint density at radius 3 is 2.65 bits per heavy atom. The number of ketones is 1. The molecule has 0 saturated heterocycles. The van der Waals surface area contributed by atoms with Crippen LogP contribution >= 0.6 is 34.5 Å². The Labute approximate surface area is 148 Å². The lowest BCUT2D eigenvalue weighted by Gasteiger charge is -2.08. The quantitative estimate of drug-likeness (QED) is 0.748. The van der Waals surface area contributed by atoms with Crippen LogP contribution in [0.5, 0.6) is 5.75 Å². The highest BCUT2D eigenvalue weighted by molar-refractivity contribution is 7.14. The average Bonchev–Trinajstić information content (AvgIpc) is 2.95. The summed E-state index contributed by atoms with van der Waals surface area (Å²) >= 11 is 13.2. The molecule has 1 amide bonds. The van der Waals surface area contributed by atoms with Gasteiger partial charge in [0.05, 0.1) is 9.90 Å². The molecule has 0 unspecified atom stereocenters. The summed E-state index contributed by atoms with van der Waals surface area (Å²) in [6, 6.07) is 8.52. The maximum atomic E-state index is 11.7. The number of hydrogen-bond acceptors (Lipinski definition) is 4. The lowest BCUT2D eigenvalue weighted by atomic mass is 10.3. The number of amides is 1. The second kappa shape index (κ2) is 8.34. The number of nitrogens with one attached hydrogen (secondary N) is 1. The zero-order valence-electron chi connectivity index (χ0n) is 12.4. The third-order valence-electron chi connectivity index (χ3n) is 2.95. The molecule has 23 heavy (non-hydrogen) atoms. The van der Waals surface area contributed by atoms with E-state index in [9.17, 15) is 9.59 Å². The van der Waals surface area contributed by atoms with Crippen molar-refractivity contribution < 1.29 is 14.3 Å². The van der Waals surface area contributed by atoms with Gasteiger partial charge < -0.3 is 10.1 Å². The molecule has 0 saturated carbocycles. The predicted octanol–water partition coefficient (Wildman–Crippen LogP) is 4.00. The standard InChI is InChI=1S/C16H15Cl2NO3S/c1-10(20)15-5-3-12(23-15)6-7-19-16(21)9-22-14-4-2-11(17)8-13(14)18/h2-5,8H,6-7,9H2,1H3,(H,19,21). The van der Waals surface area contributed by atoms with Gasteiger partial charge in [-0.15, -0.1) is 11.3 Å². The van der Waals surface area contributed by atoms with Gasteiger partial charge >= 0.3 is 0 Å². The molecular weight excluding hydrogens is 357 g/mol. The zero-order valence-corrected chi connectivity index (χ0v) is 14.7. The summed E-state index contributed by atoms with van der Waals surface area (Å²) in [6.07, 6.45) is 0.672. The number of benzene rings is 1. The van der Waals surface area contributed by atoms with Crippen molar-refractivity contribution in [2.45, 2.75) is 13.3 Å². The minimum Gasteiger partial charge on any atom is -0.482 e. The van der Waals surface area contributed by atoms with Gasteiger partial charge in [-0.05, 0) is 43.7 Å². The van der Waals surface area contributed by atoms with Crippen LogP contribution in [0.1, 0.15) is 21.5 Å². The van der Waals surface area contributed by atoms with Crippen LogP contribution in [0.3, 0.4) is 0 Å². The zero-order chi connectivity index (χ0) is 16.8. The minimum atomic E-state index is -0.237. The molecule has 4 nitrogen and oxygen atoms in total. The van der Waals surface area contributed by atoms with Crippen molar-refractivity contribution in [2.75, 3.05) is 13.2 Å². The molecule has 0 fully saturated rings. The number of rotatable bonds is 7. The second-order valence-electron chi connectivity index (χ2n) is 4.79. The van der Waals surface area contributed by atoms with Crippen molar-refractivity contribution in [2.24, 2.45) is 0 Å². The third kappa shape index (κ3) is 5.53. The van der Waals surface area contributed by atoms with E-state index >= 15 is 0 Å². The molecule has 0 radical (unpaired) electrons. The SMILES string of the molecule is CC(=O)c1ccc(CCNC(=O)COc2ccc(Cl)cc2Cl)s1. The smallest absolute Gasteiger partial charge is 0.257 e.